The van der Waals surface area contributed by atoms with Gasteiger partial charge in [0, 0.05) is 6.54 Å². The lowest BCUT2D eigenvalue weighted by molar-refractivity contribution is -0.141. The zero-order valence-electron chi connectivity index (χ0n) is 12.5. The van der Waals surface area contributed by atoms with Crippen LogP contribution >= 0.6 is 0 Å². The van der Waals surface area contributed by atoms with Crippen molar-refractivity contribution in [1.82, 2.24) is 15.2 Å². The average Bonchev–Trinajstić information content (AvgIpc) is 3.03. The first-order valence-electron chi connectivity index (χ1n) is 7.24. The highest BCUT2D eigenvalue weighted by Crippen LogP contribution is 2.37. The lowest BCUT2D eigenvalue weighted by Gasteiger charge is -2.26. The number of nitrogen functional groups attached to an aromatic ring is 1. The molecule has 0 aliphatic carbocycles. The van der Waals surface area contributed by atoms with E-state index < -0.39 is 11.9 Å². The zero-order chi connectivity index (χ0) is 17.3. The number of anilines is 2. The topological polar surface area (TPSA) is 91.7 Å². The molecule has 2 aromatic heterocycles. The van der Waals surface area contributed by atoms with E-state index in [1.807, 2.05) is 6.07 Å². The second-order valence-electron chi connectivity index (χ2n) is 5.41. The fraction of sp³-hybridized carbons (Fsp3) is 0.333. The van der Waals surface area contributed by atoms with Gasteiger partial charge in [0.1, 0.15) is 23.4 Å². The standard InChI is InChI=1S/C15H13F3N6/c16-15(17,18)12-5-3-9(8-19)14(21-12)24-7-1-2-11(24)10-4-6-13(20)23-22-10/h3-6,11H,1-2,7H2,(H2,20,23). The van der Waals surface area contributed by atoms with Crippen LogP contribution in [0.2, 0.25) is 0 Å². The molecule has 24 heavy (non-hydrogen) atoms. The summed E-state index contributed by atoms with van der Waals surface area (Å²) in [6.07, 6.45) is -3.14. The summed E-state index contributed by atoms with van der Waals surface area (Å²) in [5.74, 6) is 0.284. The molecule has 0 amide bonds. The zero-order valence-corrected chi connectivity index (χ0v) is 12.5. The summed E-state index contributed by atoms with van der Waals surface area (Å²) < 4.78 is 38.9. The van der Waals surface area contributed by atoms with Gasteiger partial charge in [-0.15, -0.1) is 5.10 Å². The fourth-order valence-corrected chi connectivity index (χ4v) is 2.77. The number of hydrogen-bond acceptors (Lipinski definition) is 6. The monoisotopic (exact) mass is 334 g/mol. The van der Waals surface area contributed by atoms with Crippen LogP contribution in [0.5, 0.6) is 0 Å². The predicted molar refractivity (Wildman–Crippen MR) is 79.7 cm³/mol. The number of nitrogens with two attached hydrogens (primary N) is 1. The maximum Gasteiger partial charge on any atom is 0.433 e. The van der Waals surface area contributed by atoms with Crippen molar-refractivity contribution in [2.24, 2.45) is 0 Å². The second kappa shape index (κ2) is 5.96. The van der Waals surface area contributed by atoms with Gasteiger partial charge in [0.25, 0.3) is 0 Å². The van der Waals surface area contributed by atoms with Gasteiger partial charge in [0.05, 0.1) is 17.3 Å². The minimum atomic E-state index is -4.57. The van der Waals surface area contributed by atoms with E-state index in [0.717, 1.165) is 18.6 Å². The van der Waals surface area contributed by atoms with Gasteiger partial charge >= 0.3 is 6.18 Å². The second-order valence-corrected chi connectivity index (χ2v) is 5.41. The summed E-state index contributed by atoms with van der Waals surface area (Å²) in [5.41, 5.74) is 5.18. The van der Waals surface area contributed by atoms with Crippen LogP contribution in [-0.4, -0.2) is 21.7 Å². The fourth-order valence-electron chi connectivity index (χ4n) is 2.77. The van der Waals surface area contributed by atoms with Crippen molar-refractivity contribution in [2.45, 2.75) is 25.1 Å². The molecule has 2 aromatic rings. The van der Waals surface area contributed by atoms with Gasteiger partial charge in [0.15, 0.2) is 0 Å². The van der Waals surface area contributed by atoms with Gasteiger partial charge in [-0.1, -0.05) is 0 Å². The van der Waals surface area contributed by atoms with Crippen molar-refractivity contribution in [1.29, 1.82) is 5.26 Å². The Morgan fingerprint density at radius 1 is 1.21 bits per heavy atom. The molecule has 1 saturated heterocycles. The summed E-state index contributed by atoms with van der Waals surface area (Å²) >= 11 is 0. The number of aromatic nitrogens is 3. The van der Waals surface area contributed by atoms with Gasteiger partial charge in [-0.25, -0.2) is 4.98 Å². The molecule has 9 heteroatoms. The molecule has 0 bridgehead atoms. The molecule has 0 aromatic carbocycles. The van der Waals surface area contributed by atoms with Gasteiger partial charge in [-0.2, -0.15) is 23.5 Å². The quantitative estimate of drug-likeness (QED) is 0.908. The highest BCUT2D eigenvalue weighted by atomic mass is 19.4. The summed E-state index contributed by atoms with van der Waals surface area (Å²) in [6.45, 7) is 0.486. The van der Waals surface area contributed by atoms with Crippen molar-refractivity contribution >= 4 is 11.6 Å². The first-order chi connectivity index (χ1) is 11.4. The van der Waals surface area contributed by atoms with E-state index in [1.54, 1.807) is 17.0 Å². The Bertz CT molecular complexity index is 781. The Morgan fingerprint density at radius 3 is 2.62 bits per heavy atom. The smallest absolute Gasteiger partial charge is 0.382 e. The van der Waals surface area contributed by atoms with Crippen LogP contribution in [0.15, 0.2) is 24.3 Å². The summed E-state index contributed by atoms with van der Waals surface area (Å²) in [7, 11) is 0. The highest BCUT2D eigenvalue weighted by Gasteiger charge is 2.36. The largest absolute Gasteiger partial charge is 0.433 e. The SMILES string of the molecule is N#Cc1ccc(C(F)(F)F)nc1N1CCCC1c1ccc(N)nn1. The number of alkyl halides is 3. The number of nitrogens with zero attached hydrogens (tertiary/aromatic N) is 5. The number of halogens is 3. The van der Waals surface area contributed by atoms with Crippen LogP contribution in [0.25, 0.3) is 0 Å². The normalized spacial score (nSPS) is 17.8. The molecule has 124 valence electrons. The van der Waals surface area contributed by atoms with Crippen LogP contribution in [0.4, 0.5) is 24.8 Å². The van der Waals surface area contributed by atoms with Crippen molar-refractivity contribution in [3.05, 3.63) is 41.2 Å². The Labute approximate surface area is 135 Å². The van der Waals surface area contributed by atoms with E-state index in [4.69, 9.17) is 5.73 Å². The molecule has 3 rings (SSSR count). The Morgan fingerprint density at radius 2 is 2.00 bits per heavy atom. The molecule has 1 aliphatic heterocycles. The summed E-state index contributed by atoms with van der Waals surface area (Å²) in [5, 5.41) is 17.0. The molecular weight excluding hydrogens is 321 g/mol. The number of pyridine rings is 1. The van der Waals surface area contributed by atoms with Crippen LogP contribution < -0.4 is 10.6 Å². The van der Waals surface area contributed by atoms with Gasteiger partial charge in [-0.05, 0) is 37.1 Å². The average molecular weight is 334 g/mol. The molecule has 6 nitrogen and oxygen atoms in total. The Balaban J connectivity index is 2.03. The lowest BCUT2D eigenvalue weighted by Crippen LogP contribution is -2.26. The third-order valence-electron chi connectivity index (χ3n) is 3.86. The Kier molecular flexibility index (Phi) is 3.97. The molecule has 1 fully saturated rings. The summed E-state index contributed by atoms with van der Waals surface area (Å²) in [6, 6.07) is 6.85. The number of nitriles is 1. The molecule has 0 spiro atoms. The van der Waals surface area contributed by atoms with Crippen molar-refractivity contribution in [2.75, 3.05) is 17.2 Å². The van der Waals surface area contributed by atoms with Crippen molar-refractivity contribution < 1.29 is 13.2 Å². The molecule has 1 atom stereocenters. The van der Waals surface area contributed by atoms with E-state index in [-0.39, 0.29) is 23.2 Å². The molecule has 0 saturated carbocycles. The molecule has 1 unspecified atom stereocenters. The first kappa shape index (κ1) is 16.0. The molecule has 2 N–H and O–H groups in total. The maximum atomic E-state index is 13.0. The first-order valence-corrected chi connectivity index (χ1v) is 7.24. The van der Waals surface area contributed by atoms with Gasteiger partial charge in [0.2, 0.25) is 0 Å². The number of rotatable bonds is 2. The van der Waals surface area contributed by atoms with Crippen LogP contribution in [0, 0.1) is 11.3 Å². The predicted octanol–water partition coefficient (Wildman–Crippen LogP) is 2.69. The van der Waals surface area contributed by atoms with Gasteiger partial charge < -0.3 is 10.6 Å². The van der Waals surface area contributed by atoms with E-state index in [2.05, 4.69) is 15.2 Å². The molecule has 0 radical (unpaired) electrons. The van der Waals surface area contributed by atoms with E-state index >= 15 is 0 Å². The van der Waals surface area contributed by atoms with Crippen molar-refractivity contribution in [3.63, 3.8) is 0 Å². The minimum absolute atomic E-state index is 0.0217. The van der Waals surface area contributed by atoms with E-state index in [0.29, 0.717) is 18.7 Å². The third-order valence-corrected chi connectivity index (χ3v) is 3.86. The van der Waals surface area contributed by atoms with E-state index in [1.165, 1.54) is 0 Å². The number of hydrogen-bond donors (Lipinski definition) is 1. The lowest BCUT2D eigenvalue weighted by atomic mass is 10.1. The molecule has 3 heterocycles. The maximum absolute atomic E-state index is 13.0. The van der Waals surface area contributed by atoms with Crippen LogP contribution in [-0.2, 0) is 6.18 Å². The van der Waals surface area contributed by atoms with Crippen LogP contribution in [0.1, 0.15) is 35.8 Å². The Hall–Kier alpha value is -2.89. The molecule has 1 aliphatic rings. The third kappa shape index (κ3) is 2.95. The van der Waals surface area contributed by atoms with Gasteiger partial charge in [-0.3, -0.25) is 0 Å². The van der Waals surface area contributed by atoms with Crippen LogP contribution in [0.3, 0.4) is 0 Å². The highest BCUT2D eigenvalue weighted by molar-refractivity contribution is 5.56. The molecular formula is C15H13F3N6. The summed E-state index contributed by atoms with van der Waals surface area (Å²) in [4.78, 5) is 5.37. The van der Waals surface area contributed by atoms with E-state index in [9.17, 15) is 18.4 Å². The van der Waals surface area contributed by atoms with Crippen molar-refractivity contribution in [3.8, 4) is 6.07 Å². The minimum Gasteiger partial charge on any atom is -0.382 e.